The highest BCUT2D eigenvalue weighted by Gasteiger charge is 2.20. The Morgan fingerprint density at radius 1 is 1.15 bits per heavy atom. The third-order valence-electron chi connectivity index (χ3n) is 7.02. The number of carbonyl (C=O) groups excluding carboxylic acids is 1. The first-order valence-corrected chi connectivity index (χ1v) is 13.4. The van der Waals surface area contributed by atoms with Crippen molar-refractivity contribution in [2.24, 2.45) is 0 Å². The smallest absolute Gasteiger partial charge is 0.253 e. The Labute approximate surface area is 230 Å². The molecule has 1 aliphatic heterocycles. The highest BCUT2D eigenvalue weighted by Crippen LogP contribution is 2.27. The minimum absolute atomic E-state index is 0.0553. The molecule has 39 heavy (non-hydrogen) atoms. The topological polar surface area (TPSA) is 117 Å². The number of H-pyrrole nitrogens is 1. The van der Waals surface area contributed by atoms with Gasteiger partial charge in [-0.2, -0.15) is 0 Å². The van der Waals surface area contributed by atoms with Crippen molar-refractivity contribution >= 4 is 17.9 Å². The van der Waals surface area contributed by atoms with Gasteiger partial charge in [-0.05, 0) is 64.1 Å². The fraction of sp³-hybridized carbons (Fsp3) is 0.400. The maximum atomic E-state index is 13.5. The van der Waals surface area contributed by atoms with Crippen molar-refractivity contribution in [3.05, 3.63) is 80.3 Å². The zero-order valence-corrected chi connectivity index (χ0v) is 23.5. The molecule has 9 nitrogen and oxygen atoms in total. The van der Waals surface area contributed by atoms with Gasteiger partial charge in [0.05, 0.1) is 11.3 Å². The molecule has 0 atom stereocenters. The molecule has 0 spiro atoms. The van der Waals surface area contributed by atoms with E-state index < -0.39 is 0 Å². The number of benzene rings is 1. The summed E-state index contributed by atoms with van der Waals surface area (Å²) in [7, 11) is 2.15. The fourth-order valence-electron chi connectivity index (χ4n) is 4.88. The number of amides is 1. The van der Waals surface area contributed by atoms with Crippen LogP contribution in [0, 0.1) is 19.3 Å². The SMILES string of the molecule is Cc1cc(C)c(CNC(=O)c2cc(-c3cccc(CN4CCN(C)CC4)c3)nc(NC(C)C)c2C=N)c(=O)[nH]1. The number of rotatable bonds is 9. The number of aromatic amines is 1. The monoisotopic (exact) mass is 529 g/mol. The number of carbonyl (C=O) groups is 1. The second-order valence-corrected chi connectivity index (χ2v) is 10.7. The Hall–Kier alpha value is -3.82. The van der Waals surface area contributed by atoms with Crippen LogP contribution in [0.25, 0.3) is 11.3 Å². The second kappa shape index (κ2) is 12.4. The molecule has 0 saturated carbocycles. The van der Waals surface area contributed by atoms with Gasteiger partial charge < -0.3 is 25.9 Å². The lowest BCUT2D eigenvalue weighted by Gasteiger charge is -2.32. The number of hydrogen-bond donors (Lipinski definition) is 4. The van der Waals surface area contributed by atoms with E-state index in [9.17, 15) is 9.59 Å². The summed E-state index contributed by atoms with van der Waals surface area (Å²) in [6.45, 7) is 12.8. The molecule has 0 aliphatic carbocycles. The highest BCUT2D eigenvalue weighted by atomic mass is 16.1. The maximum absolute atomic E-state index is 13.5. The highest BCUT2D eigenvalue weighted by molar-refractivity contribution is 6.05. The third kappa shape index (κ3) is 6.99. The van der Waals surface area contributed by atoms with Gasteiger partial charge in [0.2, 0.25) is 0 Å². The molecule has 3 heterocycles. The van der Waals surface area contributed by atoms with Gasteiger partial charge >= 0.3 is 0 Å². The van der Waals surface area contributed by atoms with Crippen LogP contribution in [-0.2, 0) is 13.1 Å². The number of pyridine rings is 2. The normalized spacial score (nSPS) is 14.4. The lowest BCUT2D eigenvalue weighted by atomic mass is 10.0. The molecule has 1 fully saturated rings. The Morgan fingerprint density at radius 2 is 1.90 bits per heavy atom. The number of aromatic nitrogens is 2. The first-order valence-electron chi connectivity index (χ1n) is 13.4. The van der Waals surface area contributed by atoms with Crippen molar-refractivity contribution in [2.75, 3.05) is 38.5 Å². The van der Waals surface area contributed by atoms with E-state index in [1.54, 1.807) is 6.07 Å². The van der Waals surface area contributed by atoms with Crippen molar-refractivity contribution in [2.45, 2.75) is 46.8 Å². The molecule has 1 saturated heterocycles. The number of hydrogen-bond acceptors (Lipinski definition) is 7. The summed E-state index contributed by atoms with van der Waals surface area (Å²) in [6.07, 6.45) is 1.16. The first kappa shape index (κ1) is 28.2. The molecule has 3 aromatic rings. The Morgan fingerprint density at radius 3 is 2.56 bits per heavy atom. The van der Waals surface area contributed by atoms with Crippen molar-refractivity contribution in [3.8, 4) is 11.3 Å². The molecule has 4 rings (SSSR count). The number of nitrogens with one attached hydrogen (secondary N) is 4. The van der Waals surface area contributed by atoms with E-state index in [0.717, 1.165) is 55.8 Å². The van der Waals surface area contributed by atoms with Gasteiger partial charge in [-0.15, -0.1) is 0 Å². The third-order valence-corrected chi connectivity index (χ3v) is 7.02. The zero-order chi connectivity index (χ0) is 28.1. The molecule has 1 aromatic carbocycles. The van der Waals surface area contributed by atoms with Gasteiger partial charge in [0.1, 0.15) is 5.82 Å². The molecular weight excluding hydrogens is 490 g/mol. The Kier molecular flexibility index (Phi) is 8.93. The largest absolute Gasteiger partial charge is 0.367 e. The molecule has 9 heteroatoms. The lowest BCUT2D eigenvalue weighted by molar-refractivity contribution is 0.0950. The van der Waals surface area contributed by atoms with Crippen molar-refractivity contribution in [1.29, 1.82) is 5.41 Å². The van der Waals surface area contributed by atoms with Crippen LogP contribution in [0.4, 0.5) is 5.82 Å². The first-order chi connectivity index (χ1) is 18.6. The van der Waals surface area contributed by atoms with Gasteiger partial charge in [-0.3, -0.25) is 14.5 Å². The minimum Gasteiger partial charge on any atom is -0.367 e. The number of piperazine rings is 1. The van der Waals surface area contributed by atoms with Crippen molar-refractivity contribution in [1.82, 2.24) is 25.1 Å². The fourth-order valence-corrected chi connectivity index (χ4v) is 4.88. The van der Waals surface area contributed by atoms with Crippen molar-refractivity contribution < 1.29 is 4.79 Å². The molecule has 1 aliphatic rings. The molecule has 0 unspecified atom stereocenters. The van der Waals surface area contributed by atoms with E-state index in [4.69, 9.17) is 10.4 Å². The zero-order valence-electron chi connectivity index (χ0n) is 23.5. The summed E-state index contributed by atoms with van der Waals surface area (Å²) in [5.74, 6) is 0.119. The standard InChI is InChI=1S/C30H39N7O2/c1-19(2)33-28-25(16-31)24(29(38)32-17-26-20(3)13-21(4)34-30(26)39)15-27(35-28)23-8-6-7-22(14-23)18-37-11-9-36(5)10-12-37/h6-8,13-16,19,31H,9-12,17-18H2,1-5H3,(H,32,38)(H,33,35)(H,34,39). The summed E-state index contributed by atoms with van der Waals surface area (Å²) in [5.41, 5.74) is 5.38. The average molecular weight is 530 g/mol. The average Bonchev–Trinajstić information content (AvgIpc) is 2.88. The van der Waals surface area contributed by atoms with Crippen molar-refractivity contribution in [3.63, 3.8) is 0 Å². The number of anilines is 1. The minimum atomic E-state index is -0.364. The van der Waals surface area contributed by atoms with E-state index >= 15 is 0 Å². The van der Waals surface area contributed by atoms with Crippen LogP contribution in [0.15, 0.2) is 41.2 Å². The summed E-state index contributed by atoms with van der Waals surface area (Å²) in [4.78, 5) is 38.4. The molecule has 206 valence electrons. The summed E-state index contributed by atoms with van der Waals surface area (Å²) in [6, 6.07) is 11.9. The van der Waals surface area contributed by atoms with Crippen LogP contribution in [0.3, 0.4) is 0 Å². The van der Waals surface area contributed by atoms with Crippen LogP contribution in [-0.4, -0.2) is 71.2 Å². The van der Waals surface area contributed by atoms with E-state index in [1.807, 2.05) is 45.9 Å². The van der Waals surface area contributed by atoms with Crippen LogP contribution in [0.1, 0.15) is 52.2 Å². The predicted molar refractivity (Wildman–Crippen MR) is 157 cm³/mol. The van der Waals surface area contributed by atoms with Gasteiger partial charge in [-0.1, -0.05) is 18.2 Å². The predicted octanol–water partition coefficient (Wildman–Crippen LogP) is 3.55. The molecule has 2 aromatic heterocycles. The quantitative estimate of drug-likeness (QED) is 0.315. The molecular formula is C30H39N7O2. The maximum Gasteiger partial charge on any atom is 0.253 e. The van der Waals surface area contributed by atoms with Crippen LogP contribution in [0.5, 0.6) is 0 Å². The second-order valence-electron chi connectivity index (χ2n) is 10.7. The van der Waals surface area contributed by atoms with Crippen LogP contribution in [0.2, 0.25) is 0 Å². The lowest BCUT2D eigenvalue weighted by Crippen LogP contribution is -2.43. The summed E-state index contributed by atoms with van der Waals surface area (Å²) < 4.78 is 0. The van der Waals surface area contributed by atoms with E-state index in [0.29, 0.717) is 28.2 Å². The van der Waals surface area contributed by atoms with Crippen LogP contribution < -0.4 is 16.2 Å². The Balaban J connectivity index is 1.66. The number of nitrogens with zero attached hydrogens (tertiary/aromatic N) is 3. The summed E-state index contributed by atoms with van der Waals surface area (Å²) >= 11 is 0. The number of likely N-dealkylation sites (N-methyl/N-ethyl adjacent to an activating group) is 1. The van der Waals surface area contributed by atoms with Gasteiger partial charge in [0.25, 0.3) is 11.5 Å². The number of aryl methyl sites for hydroxylation is 2. The van der Waals surface area contributed by atoms with E-state index in [1.165, 1.54) is 5.56 Å². The van der Waals surface area contributed by atoms with E-state index in [-0.39, 0.29) is 24.1 Å². The Bertz CT molecular complexity index is 1400. The van der Waals surface area contributed by atoms with E-state index in [2.05, 4.69) is 44.6 Å². The summed E-state index contributed by atoms with van der Waals surface area (Å²) in [5, 5.41) is 14.3. The van der Waals surface area contributed by atoms with Gasteiger partial charge in [-0.25, -0.2) is 4.98 Å². The van der Waals surface area contributed by atoms with Gasteiger partial charge in [0, 0.05) is 73.9 Å². The van der Waals surface area contributed by atoms with Crippen LogP contribution >= 0.6 is 0 Å². The molecule has 0 radical (unpaired) electrons. The molecule has 0 bridgehead atoms. The van der Waals surface area contributed by atoms with Gasteiger partial charge in [0.15, 0.2) is 0 Å². The molecule has 1 amide bonds. The molecule has 4 N–H and O–H groups in total.